The first-order valence-electron chi connectivity index (χ1n) is 5.40. The summed E-state index contributed by atoms with van der Waals surface area (Å²) in [4.78, 5) is 0. The minimum absolute atomic E-state index is 0.501. The molecular weight excluding hydrogens is 200 g/mol. The fourth-order valence-corrected chi connectivity index (χ4v) is 1.65. The molecule has 0 amide bonds. The molecule has 1 aromatic carbocycles. The number of aryl methyl sites for hydroxylation is 2. The van der Waals surface area contributed by atoms with E-state index in [1.807, 2.05) is 48.9 Å². The highest BCUT2D eigenvalue weighted by Gasteiger charge is 2.09. The first-order chi connectivity index (χ1) is 7.66. The molecule has 0 bridgehead atoms. The molecule has 84 valence electrons. The lowest BCUT2D eigenvalue weighted by Gasteiger charge is -2.12. The molecule has 0 spiro atoms. The van der Waals surface area contributed by atoms with Crippen molar-refractivity contribution in [3.8, 4) is 0 Å². The first kappa shape index (κ1) is 10.9. The van der Waals surface area contributed by atoms with E-state index in [0.717, 1.165) is 11.3 Å². The lowest BCUT2D eigenvalue weighted by atomic mass is 10.1. The zero-order valence-corrected chi connectivity index (χ0v) is 9.59. The minimum atomic E-state index is -0.501. The summed E-state index contributed by atoms with van der Waals surface area (Å²) in [6.07, 6.45) is 1.25. The van der Waals surface area contributed by atoms with Gasteiger partial charge in [0.2, 0.25) is 0 Å². The Morgan fingerprint density at radius 2 is 1.88 bits per heavy atom. The molecule has 0 radical (unpaired) electrons. The maximum Gasteiger partial charge on any atom is 0.0985 e. The van der Waals surface area contributed by atoms with E-state index in [-0.39, 0.29) is 0 Å². The third kappa shape index (κ3) is 2.31. The van der Waals surface area contributed by atoms with Crippen molar-refractivity contribution in [1.29, 1.82) is 0 Å². The molecule has 0 saturated carbocycles. The van der Waals surface area contributed by atoms with Crippen LogP contribution in [0.2, 0.25) is 0 Å². The van der Waals surface area contributed by atoms with Gasteiger partial charge in [-0.25, -0.2) is 0 Å². The van der Waals surface area contributed by atoms with Crippen LogP contribution in [0.25, 0.3) is 0 Å². The van der Waals surface area contributed by atoms with Gasteiger partial charge >= 0.3 is 0 Å². The predicted molar refractivity (Wildman–Crippen MR) is 63.1 cm³/mol. The molecule has 1 aromatic heterocycles. The van der Waals surface area contributed by atoms with Crippen LogP contribution in [0, 0.1) is 13.8 Å². The van der Waals surface area contributed by atoms with E-state index in [9.17, 15) is 5.11 Å². The molecule has 0 saturated heterocycles. The molecule has 3 heteroatoms. The Morgan fingerprint density at radius 1 is 1.19 bits per heavy atom. The number of nitrogens with zero attached hydrogens (tertiary/aromatic N) is 2. The molecule has 0 aliphatic carbocycles. The van der Waals surface area contributed by atoms with E-state index >= 15 is 0 Å². The molecule has 16 heavy (non-hydrogen) atoms. The number of aliphatic hydroxyl groups excluding tert-OH is 1. The van der Waals surface area contributed by atoms with Gasteiger partial charge in [0.25, 0.3) is 0 Å². The van der Waals surface area contributed by atoms with Crippen molar-refractivity contribution in [2.45, 2.75) is 26.5 Å². The summed E-state index contributed by atoms with van der Waals surface area (Å²) in [5, 5.41) is 14.2. The summed E-state index contributed by atoms with van der Waals surface area (Å²) in [6.45, 7) is 4.52. The van der Waals surface area contributed by atoms with Crippen LogP contribution >= 0.6 is 0 Å². The second-order valence-electron chi connectivity index (χ2n) is 4.08. The molecule has 0 aliphatic rings. The summed E-state index contributed by atoms with van der Waals surface area (Å²) >= 11 is 0. The van der Waals surface area contributed by atoms with Gasteiger partial charge in [-0.3, -0.25) is 4.68 Å². The highest BCUT2D eigenvalue weighted by molar-refractivity contribution is 5.23. The van der Waals surface area contributed by atoms with Crippen LogP contribution in [-0.4, -0.2) is 14.9 Å². The second-order valence-corrected chi connectivity index (χ2v) is 4.08. The number of hydrogen-bond acceptors (Lipinski definition) is 2. The molecule has 0 aliphatic heterocycles. The van der Waals surface area contributed by atoms with E-state index < -0.39 is 6.10 Å². The van der Waals surface area contributed by atoms with Gasteiger partial charge in [-0.15, -0.1) is 0 Å². The summed E-state index contributed by atoms with van der Waals surface area (Å²) in [7, 11) is 0. The zero-order valence-electron chi connectivity index (χ0n) is 9.59. The van der Waals surface area contributed by atoms with E-state index in [4.69, 9.17) is 0 Å². The van der Waals surface area contributed by atoms with Gasteiger partial charge in [-0.2, -0.15) is 5.10 Å². The van der Waals surface area contributed by atoms with Crippen molar-refractivity contribution >= 4 is 0 Å². The highest BCUT2D eigenvalue weighted by atomic mass is 16.3. The van der Waals surface area contributed by atoms with Crippen LogP contribution < -0.4 is 0 Å². The normalized spacial score (nSPS) is 12.7. The fourth-order valence-electron chi connectivity index (χ4n) is 1.65. The second kappa shape index (κ2) is 4.49. The minimum Gasteiger partial charge on any atom is -0.386 e. The molecule has 1 N–H and O–H groups in total. The molecule has 1 unspecified atom stereocenters. The van der Waals surface area contributed by atoms with Gasteiger partial charge in [-0.05, 0) is 25.5 Å². The molecular formula is C13H16N2O. The Hall–Kier alpha value is -1.61. The largest absolute Gasteiger partial charge is 0.386 e. The van der Waals surface area contributed by atoms with Gasteiger partial charge < -0.3 is 5.11 Å². The van der Waals surface area contributed by atoms with Gasteiger partial charge in [0.05, 0.1) is 12.6 Å². The molecule has 0 fully saturated rings. The summed E-state index contributed by atoms with van der Waals surface area (Å²) < 4.78 is 1.81. The average molecular weight is 216 g/mol. The Bertz CT molecular complexity index is 459. The number of rotatable bonds is 3. The van der Waals surface area contributed by atoms with Crippen LogP contribution in [0.4, 0.5) is 0 Å². The SMILES string of the molecule is Cc1ccc(C(O)Cn2nccc2C)cc1. The highest BCUT2D eigenvalue weighted by Crippen LogP contribution is 2.16. The topological polar surface area (TPSA) is 38.0 Å². The van der Waals surface area contributed by atoms with Gasteiger partial charge in [-0.1, -0.05) is 29.8 Å². The Labute approximate surface area is 95.3 Å². The van der Waals surface area contributed by atoms with Crippen molar-refractivity contribution in [3.05, 3.63) is 53.3 Å². The first-order valence-corrected chi connectivity index (χ1v) is 5.40. The van der Waals surface area contributed by atoms with Crippen LogP contribution in [0.15, 0.2) is 36.5 Å². The van der Waals surface area contributed by atoms with Crippen LogP contribution in [0.3, 0.4) is 0 Å². The molecule has 1 atom stereocenters. The monoisotopic (exact) mass is 216 g/mol. The van der Waals surface area contributed by atoms with Gasteiger partial charge in [0.15, 0.2) is 0 Å². The summed E-state index contributed by atoms with van der Waals surface area (Å²) in [5.74, 6) is 0. The lowest BCUT2D eigenvalue weighted by Crippen LogP contribution is -2.11. The number of hydrogen-bond donors (Lipinski definition) is 1. The van der Waals surface area contributed by atoms with E-state index in [0.29, 0.717) is 6.54 Å². The number of benzene rings is 1. The molecule has 2 aromatic rings. The van der Waals surface area contributed by atoms with Crippen molar-refractivity contribution < 1.29 is 5.11 Å². The third-order valence-corrected chi connectivity index (χ3v) is 2.74. The molecule has 2 rings (SSSR count). The Morgan fingerprint density at radius 3 is 2.44 bits per heavy atom. The fraction of sp³-hybridized carbons (Fsp3) is 0.308. The quantitative estimate of drug-likeness (QED) is 0.854. The Balaban J connectivity index is 2.11. The van der Waals surface area contributed by atoms with E-state index in [2.05, 4.69) is 5.10 Å². The Kier molecular flexibility index (Phi) is 3.06. The van der Waals surface area contributed by atoms with E-state index in [1.54, 1.807) is 6.20 Å². The summed E-state index contributed by atoms with van der Waals surface area (Å²) in [6, 6.07) is 9.86. The van der Waals surface area contributed by atoms with Crippen molar-refractivity contribution in [2.75, 3.05) is 0 Å². The number of aromatic nitrogens is 2. The standard InChI is InChI=1S/C13H16N2O/c1-10-3-5-12(6-4-10)13(16)9-15-11(2)7-8-14-15/h3-8,13,16H,9H2,1-2H3. The van der Waals surface area contributed by atoms with Crippen LogP contribution in [0.1, 0.15) is 22.9 Å². The van der Waals surface area contributed by atoms with Gasteiger partial charge in [0, 0.05) is 11.9 Å². The number of aliphatic hydroxyl groups is 1. The predicted octanol–water partition coefficient (Wildman–Crippen LogP) is 2.23. The third-order valence-electron chi connectivity index (χ3n) is 2.74. The summed E-state index contributed by atoms with van der Waals surface area (Å²) in [5.41, 5.74) is 3.19. The molecule has 3 nitrogen and oxygen atoms in total. The van der Waals surface area contributed by atoms with Crippen molar-refractivity contribution in [1.82, 2.24) is 9.78 Å². The maximum absolute atomic E-state index is 10.0. The van der Waals surface area contributed by atoms with Crippen LogP contribution in [0.5, 0.6) is 0 Å². The van der Waals surface area contributed by atoms with Gasteiger partial charge in [0.1, 0.15) is 0 Å². The van der Waals surface area contributed by atoms with E-state index in [1.165, 1.54) is 5.56 Å². The lowest BCUT2D eigenvalue weighted by molar-refractivity contribution is 0.150. The smallest absolute Gasteiger partial charge is 0.0985 e. The molecule has 1 heterocycles. The zero-order chi connectivity index (χ0) is 11.5. The van der Waals surface area contributed by atoms with Crippen molar-refractivity contribution in [2.24, 2.45) is 0 Å². The van der Waals surface area contributed by atoms with Crippen LogP contribution in [-0.2, 0) is 6.54 Å². The van der Waals surface area contributed by atoms with Crippen molar-refractivity contribution in [3.63, 3.8) is 0 Å². The maximum atomic E-state index is 10.0. The average Bonchev–Trinajstić information content (AvgIpc) is 2.65.